The normalized spacial score (nSPS) is 12.8. The summed E-state index contributed by atoms with van der Waals surface area (Å²) < 4.78 is 2.31. The standard InChI is InChI=1S/C29H26NS/c1-17(2)13-19-9-10-23-21(14-19)16-26-28-24(23)11-12-30(4)29(28)27-18(3)22-8-6-5-7-20(22)15-25(27)31-26/h5-12,14-17H,13H2,1-4H3/q+1. The summed E-state index contributed by atoms with van der Waals surface area (Å²) in [6.45, 7) is 6.87. The number of pyridine rings is 1. The fourth-order valence-electron chi connectivity index (χ4n) is 5.28. The van der Waals surface area contributed by atoms with Crippen molar-refractivity contribution in [2.75, 3.05) is 0 Å². The molecule has 0 unspecified atom stereocenters. The summed E-state index contributed by atoms with van der Waals surface area (Å²) in [4.78, 5) is 2.74. The molecule has 1 aliphatic heterocycles. The van der Waals surface area contributed by atoms with Crippen molar-refractivity contribution in [3.05, 3.63) is 78.0 Å². The van der Waals surface area contributed by atoms with E-state index >= 15 is 0 Å². The molecule has 31 heavy (non-hydrogen) atoms. The maximum Gasteiger partial charge on any atom is 0.222 e. The zero-order valence-corrected chi connectivity index (χ0v) is 19.3. The molecule has 0 bridgehead atoms. The lowest BCUT2D eigenvalue weighted by Gasteiger charge is -2.22. The Morgan fingerprint density at radius 1 is 0.839 bits per heavy atom. The number of fused-ring (bicyclic) bond motifs is 5. The Morgan fingerprint density at radius 3 is 2.48 bits per heavy atom. The average Bonchev–Trinajstić information content (AvgIpc) is 2.74. The van der Waals surface area contributed by atoms with Gasteiger partial charge in [0.1, 0.15) is 7.05 Å². The Labute approximate surface area is 187 Å². The second-order valence-corrected chi connectivity index (χ2v) is 10.4. The molecule has 1 aliphatic rings. The Balaban J connectivity index is 1.72. The van der Waals surface area contributed by atoms with Crippen molar-refractivity contribution in [2.24, 2.45) is 13.0 Å². The van der Waals surface area contributed by atoms with Gasteiger partial charge in [-0.2, -0.15) is 0 Å². The van der Waals surface area contributed by atoms with Crippen LogP contribution < -0.4 is 4.57 Å². The lowest BCUT2D eigenvalue weighted by atomic mass is 9.92. The molecule has 1 nitrogen and oxygen atoms in total. The first kappa shape index (κ1) is 18.9. The van der Waals surface area contributed by atoms with E-state index in [1.165, 1.54) is 64.5 Å². The topological polar surface area (TPSA) is 3.88 Å². The van der Waals surface area contributed by atoms with Gasteiger partial charge in [0.15, 0.2) is 6.20 Å². The van der Waals surface area contributed by atoms with Crippen molar-refractivity contribution in [3.8, 4) is 11.3 Å². The Hall–Kier alpha value is -2.84. The van der Waals surface area contributed by atoms with E-state index in [4.69, 9.17) is 0 Å². The highest BCUT2D eigenvalue weighted by Crippen LogP contribution is 2.50. The summed E-state index contributed by atoms with van der Waals surface area (Å²) in [6, 6.07) is 22.9. The van der Waals surface area contributed by atoms with Crippen molar-refractivity contribution in [1.82, 2.24) is 0 Å². The van der Waals surface area contributed by atoms with E-state index in [2.05, 4.69) is 99.2 Å². The molecule has 0 spiro atoms. The van der Waals surface area contributed by atoms with E-state index in [0.717, 1.165) is 6.42 Å². The van der Waals surface area contributed by atoms with Gasteiger partial charge in [0.05, 0.1) is 10.9 Å². The summed E-state index contributed by atoms with van der Waals surface area (Å²) in [5.74, 6) is 0.666. The molecule has 0 atom stereocenters. The molecule has 0 amide bonds. The van der Waals surface area contributed by atoms with Crippen molar-refractivity contribution in [3.63, 3.8) is 0 Å². The molecule has 6 rings (SSSR count). The number of rotatable bonds is 2. The number of hydrogen-bond donors (Lipinski definition) is 0. The van der Waals surface area contributed by atoms with E-state index in [1.54, 1.807) is 0 Å². The molecule has 0 radical (unpaired) electrons. The van der Waals surface area contributed by atoms with E-state index in [9.17, 15) is 0 Å². The smallest absolute Gasteiger partial charge is 0.200 e. The molecule has 1 aromatic heterocycles. The van der Waals surface area contributed by atoms with Crippen LogP contribution in [0.5, 0.6) is 0 Å². The quantitative estimate of drug-likeness (QED) is 0.206. The van der Waals surface area contributed by atoms with Gasteiger partial charge >= 0.3 is 0 Å². The fourth-order valence-corrected chi connectivity index (χ4v) is 6.55. The molecule has 2 heteroatoms. The molecular weight excluding hydrogens is 394 g/mol. The van der Waals surface area contributed by atoms with Crippen LogP contribution in [0.25, 0.3) is 43.6 Å². The van der Waals surface area contributed by atoms with Crippen LogP contribution in [-0.2, 0) is 13.5 Å². The zero-order valence-electron chi connectivity index (χ0n) is 18.5. The van der Waals surface area contributed by atoms with Gasteiger partial charge in [-0.1, -0.05) is 68.1 Å². The second-order valence-electron chi connectivity index (χ2n) is 9.29. The van der Waals surface area contributed by atoms with Gasteiger partial charge in [0.2, 0.25) is 5.69 Å². The highest BCUT2D eigenvalue weighted by molar-refractivity contribution is 7.99. The van der Waals surface area contributed by atoms with E-state index in [-0.39, 0.29) is 0 Å². The lowest BCUT2D eigenvalue weighted by molar-refractivity contribution is -0.659. The number of benzene rings is 4. The SMILES string of the molecule is Cc1c2c(cc3ccccc13)Sc1cc3cc(CC(C)C)ccc3c3cc[n+](C)c-2c13. The fraction of sp³-hybridized carbons (Fsp3) is 0.207. The Bertz CT molecular complexity index is 1530. The minimum Gasteiger partial charge on any atom is -0.200 e. The van der Waals surface area contributed by atoms with Crippen LogP contribution in [0.1, 0.15) is 25.0 Å². The Morgan fingerprint density at radius 2 is 1.65 bits per heavy atom. The molecule has 0 aliphatic carbocycles. The van der Waals surface area contributed by atoms with E-state index in [0.29, 0.717) is 5.92 Å². The number of aryl methyl sites for hydroxylation is 2. The monoisotopic (exact) mass is 420 g/mol. The molecule has 0 saturated carbocycles. The summed E-state index contributed by atoms with van der Waals surface area (Å²) in [5, 5.41) is 8.14. The first-order chi connectivity index (χ1) is 15.0. The van der Waals surface area contributed by atoms with Crippen LogP contribution in [0.3, 0.4) is 0 Å². The van der Waals surface area contributed by atoms with Crippen molar-refractivity contribution in [1.29, 1.82) is 0 Å². The van der Waals surface area contributed by atoms with Crippen LogP contribution in [0.2, 0.25) is 0 Å². The molecule has 0 fully saturated rings. The first-order valence-electron chi connectivity index (χ1n) is 11.1. The maximum absolute atomic E-state index is 2.42. The van der Waals surface area contributed by atoms with Gasteiger partial charge in [0, 0.05) is 21.2 Å². The van der Waals surface area contributed by atoms with Gasteiger partial charge < -0.3 is 0 Å². The summed E-state index contributed by atoms with van der Waals surface area (Å²) >= 11 is 1.93. The minimum absolute atomic E-state index is 0.666. The molecular formula is C29H26NS+. The van der Waals surface area contributed by atoms with Crippen molar-refractivity contribution < 1.29 is 4.57 Å². The van der Waals surface area contributed by atoms with Gasteiger partial charge in [-0.25, -0.2) is 4.57 Å². The first-order valence-corrected chi connectivity index (χ1v) is 11.9. The van der Waals surface area contributed by atoms with Crippen LogP contribution in [0.15, 0.2) is 76.7 Å². The third kappa shape index (κ3) is 2.81. The van der Waals surface area contributed by atoms with Gasteiger partial charge in [0.25, 0.3) is 0 Å². The molecule has 0 N–H and O–H groups in total. The van der Waals surface area contributed by atoms with Crippen LogP contribution in [0, 0.1) is 12.8 Å². The molecule has 152 valence electrons. The molecule has 0 saturated heterocycles. The third-order valence-electron chi connectivity index (χ3n) is 6.64. The molecule has 4 aromatic carbocycles. The number of hydrogen-bond acceptors (Lipinski definition) is 1. The third-order valence-corrected chi connectivity index (χ3v) is 7.72. The largest absolute Gasteiger partial charge is 0.222 e. The Kier molecular flexibility index (Phi) is 4.16. The highest BCUT2D eigenvalue weighted by Gasteiger charge is 2.29. The molecule has 2 heterocycles. The maximum atomic E-state index is 2.42. The van der Waals surface area contributed by atoms with Crippen molar-refractivity contribution in [2.45, 2.75) is 37.0 Å². The number of nitrogens with zero attached hydrogens (tertiary/aromatic N) is 1. The van der Waals surface area contributed by atoms with E-state index < -0.39 is 0 Å². The van der Waals surface area contributed by atoms with Gasteiger partial charge in [-0.15, -0.1) is 0 Å². The van der Waals surface area contributed by atoms with Crippen molar-refractivity contribution >= 4 is 44.1 Å². The van der Waals surface area contributed by atoms with Crippen LogP contribution in [0.4, 0.5) is 0 Å². The van der Waals surface area contributed by atoms with Gasteiger partial charge in [-0.05, 0) is 64.1 Å². The molecule has 5 aromatic rings. The predicted octanol–water partition coefficient (Wildman–Crippen LogP) is 7.61. The minimum atomic E-state index is 0.666. The zero-order chi connectivity index (χ0) is 21.3. The van der Waals surface area contributed by atoms with Crippen LogP contribution >= 0.6 is 11.8 Å². The van der Waals surface area contributed by atoms with Gasteiger partial charge in [-0.3, -0.25) is 0 Å². The average molecular weight is 421 g/mol. The lowest BCUT2D eigenvalue weighted by Crippen LogP contribution is -2.31. The highest BCUT2D eigenvalue weighted by atomic mass is 32.2. The summed E-state index contributed by atoms with van der Waals surface area (Å²) in [7, 11) is 2.18. The number of aromatic nitrogens is 1. The summed E-state index contributed by atoms with van der Waals surface area (Å²) in [5.41, 5.74) is 5.54. The predicted molar refractivity (Wildman–Crippen MR) is 133 cm³/mol. The summed E-state index contributed by atoms with van der Waals surface area (Å²) in [6.07, 6.45) is 3.36. The van der Waals surface area contributed by atoms with E-state index in [1.807, 2.05) is 11.8 Å². The second kappa shape index (κ2) is 6.83. The van der Waals surface area contributed by atoms with Crippen LogP contribution in [-0.4, -0.2) is 0 Å².